The fourth-order valence-corrected chi connectivity index (χ4v) is 2.10. The number of hydrogen-bond acceptors (Lipinski definition) is 5. The quantitative estimate of drug-likeness (QED) is 0.643. The van der Waals surface area contributed by atoms with Gasteiger partial charge in [0.2, 0.25) is 5.91 Å². The second-order valence-corrected chi connectivity index (χ2v) is 6.22. The molecule has 0 radical (unpaired) electrons. The Hall–Kier alpha value is -1.38. The normalized spacial score (nSPS) is 19.7. The van der Waals surface area contributed by atoms with Gasteiger partial charge >= 0.3 is 6.03 Å². The molecule has 0 spiro atoms. The molecule has 0 aliphatic carbocycles. The Morgan fingerprint density at radius 3 is 2.73 bits per heavy atom. The second kappa shape index (κ2) is 8.30. The minimum Gasteiger partial charge on any atom is -0.377 e. The van der Waals surface area contributed by atoms with Crippen molar-refractivity contribution in [3.05, 3.63) is 0 Å². The molecule has 128 valence electrons. The molecule has 1 heterocycles. The monoisotopic (exact) mass is 316 g/mol. The average molecular weight is 316 g/mol. The molecule has 1 rings (SSSR count). The summed E-state index contributed by atoms with van der Waals surface area (Å²) in [6.45, 7) is 6.45. The lowest BCUT2D eigenvalue weighted by molar-refractivity contribution is -0.119. The van der Waals surface area contributed by atoms with E-state index in [1.807, 2.05) is 20.9 Å². The van der Waals surface area contributed by atoms with Crippen molar-refractivity contribution in [1.82, 2.24) is 15.1 Å². The van der Waals surface area contributed by atoms with Crippen LogP contribution in [0.3, 0.4) is 0 Å². The van der Waals surface area contributed by atoms with Gasteiger partial charge in [-0.25, -0.2) is 4.79 Å². The molecule has 0 bridgehead atoms. The van der Waals surface area contributed by atoms with E-state index in [-0.39, 0.29) is 18.7 Å². The van der Waals surface area contributed by atoms with Crippen LogP contribution in [0, 0.1) is 0 Å². The fraction of sp³-hybridized carbons (Fsp3) is 0.857. The number of primary amides is 1. The summed E-state index contributed by atoms with van der Waals surface area (Å²) < 4.78 is 10.9. The largest absolute Gasteiger partial charge is 0.377 e. The number of nitrogens with one attached hydrogen (secondary N) is 1. The topological polar surface area (TPSA) is 97.1 Å². The molecule has 1 aliphatic rings. The second-order valence-electron chi connectivity index (χ2n) is 6.22. The van der Waals surface area contributed by atoms with E-state index in [1.54, 1.807) is 7.11 Å². The first-order valence-corrected chi connectivity index (χ1v) is 7.40. The van der Waals surface area contributed by atoms with Crippen molar-refractivity contribution >= 4 is 11.9 Å². The summed E-state index contributed by atoms with van der Waals surface area (Å²) >= 11 is 0. The van der Waals surface area contributed by atoms with E-state index in [1.165, 1.54) is 4.90 Å². The molecule has 3 N–H and O–H groups in total. The number of methoxy groups -OCH3 is 1. The Morgan fingerprint density at radius 2 is 2.18 bits per heavy atom. The number of carbonyl (C=O) groups is 2. The molecule has 0 unspecified atom stereocenters. The van der Waals surface area contributed by atoms with Gasteiger partial charge in [0.1, 0.15) is 6.54 Å². The Kier molecular flexibility index (Phi) is 7.05. The van der Waals surface area contributed by atoms with Gasteiger partial charge in [-0.1, -0.05) is 0 Å². The third-order valence-corrected chi connectivity index (χ3v) is 3.62. The van der Waals surface area contributed by atoms with Crippen molar-refractivity contribution in [1.29, 1.82) is 0 Å². The van der Waals surface area contributed by atoms with Crippen molar-refractivity contribution in [2.45, 2.75) is 25.6 Å². The number of ether oxygens (including phenoxy) is 2. The molecule has 0 aromatic carbocycles. The number of nitrogens with zero attached hydrogens (tertiary/aromatic N) is 2. The first kappa shape index (κ1) is 18.7. The van der Waals surface area contributed by atoms with Crippen molar-refractivity contribution in [3.63, 3.8) is 0 Å². The van der Waals surface area contributed by atoms with Gasteiger partial charge in [-0.2, -0.15) is 0 Å². The van der Waals surface area contributed by atoms with Crippen LogP contribution in [-0.4, -0.2) is 86.9 Å². The summed E-state index contributed by atoms with van der Waals surface area (Å²) in [6, 6.07) is -0.347. The number of nitrogens with two attached hydrogens (primary N) is 1. The van der Waals surface area contributed by atoms with Crippen molar-refractivity contribution in [3.8, 4) is 0 Å². The zero-order valence-corrected chi connectivity index (χ0v) is 13.9. The van der Waals surface area contributed by atoms with E-state index in [0.29, 0.717) is 26.2 Å². The summed E-state index contributed by atoms with van der Waals surface area (Å²) in [5.41, 5.74) is 4.76. The molecule has 1 saturated heterocycles. The SMILES string of the molecule is COC(C)(C)CNC(=O)N(CC(N)=O)C[C@H]1CN(C)CCO1. The van der Waals surface area contributed by atoms with Crippen LogP contribution in [0.4, 0.5) is 4.79 Å². The Labute approximate surface area is 131 Å². The molecule has 22 heavy (non-hydrogen) atoms. The summed E-state index contributed by atoms with van der Waals surface area (Å²) in [5.74, 6) is -0.551. The molecule has 0 saturated carbocycles. The zero-order valence-electron chi connectivity index (χ0n) is 13.9. The molecule has 3 amide bonds. The maximum Gasteiger partial charge on any atom is 0.318 e. The minimum absolute atomic E-state index is 0.126. The lowest BCUT2D eigenvalue weighted by Gasteiger charge is -2.34. The van der Waals surface area contributed by atoms with Gasteiger partial charge < -0.3 is 30.3 Å². The Bertz CT molecular complexity index is 389. The fourth-order valence-electron chi connectivity index (χ4n) is 2.10. The number of amides is 3. The summed E-state index contributed by atoms with van der Waals surface area (Å²) in [7, 11) is 3.58. The summed E-state index contributed by atoms with van der Waals surface area (Å²) in [5, 5.41) is 2.77. The molecule has 1 atom stereocenters. The van der Waals surface area contributed by atoms with Crippen LogP contribution in [-0.2, 0) is 14.3 Å². The highest BCUT2D eigenvalue weighted by atomic mass is 16.5. The number of hydrogen-bond donors (Lipinski definition) is 2. The predicted molar refractivity (Wildman–Crippen MR) is 82.5 cm³/mol. The van der Waals surface area contributed by atoms with Crippen LogP contribution in [0.1, 0.15) is 13.8 Å². The van der Waals surface area contributed by atoms with Crippen LogP contribution in [0.5, 0.6) is 0 Å². The van der Waals surface area contributed by atoms with E-state index >= 15 is 0 Å². The van der Waals surface area contributed by atoms with Crippen LogP contribution in [0.2, 0.25) is 0 Å². The standard InChI is InChI=1S/C14H28N4O4/c1-14(2,21-4)10-16-13(20)18(9-12(15)19)8-11-7-17(3)5-6-22-11/h11H,5-10H2,1-4H3,(H2,15,19)(H,16,20)/t11-/m1/s1. The lowest BCUT2D eigenvalue weighted by atomic mass is 10.1. The van der Waals surface area contributed by atoms with Gasteiger partial charge in [0, 0.05) is 26.7 Å². The molecule has 1 aliphatic heterocycles. The van der Waals surface area contributed by atoms with Crippen molar-refractivity contribution in [2.75, 3.05) is 53.5 Å². The van der Waals surface area contributed by atoms with Gasteiger partial charge in [-0.15, -0.1) is 0 Å². The van der Waals surface area contributed by atoms with E-state index in [4.69, 9.17) is 15.2 Å². The highest BCUT2D eigenvalue weighted by Crippen LogP contribution is 2.07. The third kappa shape index (κ3) is 6.59. The molecule has 8 heteroatoms. The van der Waals surface area contributed by atoms with Gasteiger partial charge in [0.05, 0.1) is 24.9 Å². The highest BCUT2D eigenvalue weighted by Gasteiger charge is 2.26. The Morgan fingerprint density at radius 1 is 1.50 bits per heavy atom. The highest BCUT2D eigenvalue weighted by molar-refractivity contribution is 5.83. The van der Waals surface area contributed by atoms with Crippen LogP contribution in [0.15, 0.2) is 0 Å². The summed E-state index contributed by atoms with van der Waals surface area (Å²) in [4.78, 5) is 27.0. The van der Waals surface area contributed by atoms with Gasteiger partial charge in [0.25, 0.3) is 0 Å². The number of rotatable bonds is 7. The minimum atomic E-state index is -0.551. The molecular formula is C14H28N4O4. The first-order chi connectivity index (χ1) is 10.2. The molecule has 0 aromatic heterocycles. The van der Waals surface area contributed by atoms with Gasteiger partial charge in [-0.05, 0) is 20.9 Å². The predicted octanol–water partition coefficient (Wildman–Crippen LogP) is -0.761. The van der Waals surface area contributed by atoms with Gasteiger partial charge in [-0.3, -0.25) is 4.79 Å². The van der Waals surface area contributed by atoms with Crippen LogP contribution < -0.4 is 11.1 Å². The molecule has 1 fully saturated rings. The zero-order chi connectivity index (χ0) is 16.8. The van der Waals surface area contributed by atoms with E-state index in [2.05, 4.69) is 10.2 Å². The van der Waals surface area contributed by atoms with E-state index < -0.39 is 11.5 Å². The number of likely N-dealkylation sites (N-methyl/N-ethyl adjacent to an activating group) is 1. The number of carbonyl (C=O) groups excluding carboxylic acids is 2. The molecular weight excluding hydrogens is 288 g/mol. The number of morpholine rings is 1. The Balaban J connectivity index is 2.58. The van der Waals surface area contributed by atoms with Crippen LogP contribution >= 0.6 is 0 Å². The lowest BCUT2D eigenvalue weighted by Crippen LogP contribution is -2.53. The van der Waals surface area contributed by atoms with Crippen molar-refractivity contribution in [2.24, 2.45) is 5.73 Å². The smallest absolute Gasteiger partial charge is 0.318 e. The van der Waals surface area contributed by atoms with Crippen molar-refractivity contribution < 1.29 is 19.1 Å². The van der Waals surface area contributed by atoms with E-state index in [0.717, 1.165) is 6.54 Å². The first-order valence-electron chi connectivity index (χ1n) is 7.40. The molecule has 0 aromatic rings. The van der Waals surface area contributed by atoms with Crippen LogP contribution in [0.25, 0.3) is 0 Å². The maximum absolute atomic E-state index is 12.3. The van der Waals surface area contributed by atoms with E-state index in [9.17, 15) is 9.59 Å². The maximum atomic E-state index is 12.3. The molecule has 8 nitrogen and oxygen atoms in total. The third-order valence-electron chi connectivity index (χ3n) is 3.62. The number of urea groups is 1. The van der Waals surface area contributed by atoms with Gasteiger partial charge in [0.15, 0.2) is 0 Å². The summed E-state index contributed by atoms with van der Waals surface area (Å²) in [6.07, 6.45) is -0.126. The average Bonchev–Trinajstić information content (AvgIpc) is 2.44.